The summed E-state index contributed by atoms with van der Waals surface area (Å²) in [6, 6.07) is 12.1. The van der Waals surface area contributed by atoms with Crippen LogP contribution in [-0.4, -0.2) is 31.0 Å². The van der Waals surface area contributed by atoms with Gasteiger partial charge in [-0.05, 0) is 61.4 Å². The van der Waals surface area contributed by atoms with Crippen molar-refractivity contribution in [2.75, 3.05) is 18.5 Å². The molecule has 0 radical (unpaired) electrons. The molecule has 0 bridgehead atoms. The molecule has 1 unspecified atom stereocenters. The van der Waals surface area contributed by atoms with Crippen LogP contribution in [0.5, 0.6) is 5.75 Å². The zero-order chi connectivity index (χ0) is 20.8. The number of anilines is 1. The van der Waals surface area contributed by atoms with Crippen LogP contribution in [-0.2, 0) is 16.0 Å². The Morgan fingerprint density at radius 3 is 2.66 bits per heavy atom. The summed E-state index contributed by atoms with van der Waals surface area (Å²) in [4.78, 5) is 28.3. The van der Waals surface area contributed by atoms with Gasteiger partial charge in [0.25, 0.3) is 5.91 Å². The van der Waals surface area contributed by atoms with Crippen molar-refractivity contribution in [3.63, 3.8) is 0 Å². The average molecular weight is 396 g/mol. The van der Waals surface area contributed by atoms with Crippen molar-refractivity contribution >= 4 is 29.2 Å². The molecule has 8 heteroatoms. The molecule has 5 N–H and O–H groups in total. The zero-order valence-electron chi connectivity index (χ0n) is 16.2. The highest BCUT2D eigenvalue weighted by atomic mass is 16.5. The summed E-state index contributed by atoms with van der Waals surface area (Å²) in [6.07, 6.45) is 0.953. The van der Waals surface area contributed by atoms with Crippen LogP contribution in [0.15, 0.2) is 47.5 Å². The number of nitrogens with zero attached hydrogens (tertiary/aromatic N) is 1. The summed E-state index contributed by atoms with van der Waals surface area (Å²) in [7, 11) is 0. The molecule has 29 heavy (non-hydrogen) atoms. The number of carbonyl (C=O) groups is 2. The van der Waals surface area contributed by atoms with Gasteiger partial charge in [0.05, 0.1) is 25.3 Å². The summed E-state index contributed by atoms with van der Waals surface area (Å²) in [5, 5.41) is 2.84. The Balaban J connectivity index is 1.66. The number of guanidine groups is 1. The molecule has 0 spiro atoms. The fourth-order valence-electron chi connectivity index (χ4n) is 3.16. The number of rotatable bonds is 6. The van der Waals surface area contributed by atoms with Gasteiger partial charge in [-0.2, -0.15) is 0 Å². The molecule has 0 aliphatic carbocycles. The zero-order valence-corrected chi connectivity index (χ0v) is 16.2. The van der Waals surface area contributed by atoms with Crippen LogP contribution in [0, 0.1) is 5.92 Å². The maximum absolute atomic E-state index is 12.6. The monoisotopic (exact) mass is 396 g/mol. The quantitative estimate of drug-likeness (QED) is 0.390. The lowest BCUT2D eigenvalue weighted by atomic mass is 9.93. The Hall–Kier alpha value is -3.55. The second-order valence-corrected chi connectivity index (χ2v) is 6.75. The molecule has 8 nitrogen and oxygen atoms in total. The molecule has 1 aliphatic rings. The SMILES string of the molecule is CCOC(=O)CC1COc2ccc(C(=O)Nc3ccc(N=C(N)N)cc3)cc2C1. The van der Waals surface area contributed by atoms with E-state index in [1.807, 2.05) is 0 Å². The first-order valence-electron chi connectivity index (χ1n) is 9.37. The van der Waals surface area contributed by atoms with Crippen molar-refractivity contribution in [2.45, 2.75) is 19.8 Å². The molecule has 1 amide bonds. The molecule has 0 saturated heterocycles. The molecule has 0 aromatic heterocycles. The lowest BCUT2D eigenvalue weighted by molar-refractivity contribution is -0.144. The number of nitrogens with two attached hydrogens (primary N) is 2. The maximum atomic E-state index is 12.6. The van der Waals surface area contributed by atoms with E-state index < -0.39 is 0 Å². The molecule has 1 atom stereocenters. The van der Waals surface area contributed by atoms with E-state index in [4.69, 9.17) is 20.9 Å². The van der Waals surface area contributed by atoms with Crippen molar-refractivity contribution in [1.29, 1.82) is 0 Å². The van der Waals surface area contributed by atoms with Crippen molar-refractivity contribution in [3.8, 4) is 5.75 Å². The van der Waals surface area contributed by atoms with Gasteiger partial charge in [-0.15, -0.1) is 0 Å². The third-order valence-electron chi connectivity index (χ3n) is 4.45. The van der Waals surface area contributed by atoms with Gasteiger partial charge in [-0.3, -0.25) is 9.59 Å². The highest BCUT2D eigenvalue weighted by Gasteiger charge is 2.24. The van der Waals surface area contributed by atoms with Gasteiger partial charge in [-0.25, -0.2) is 4.99 Å². The Kier molecular flexibility index (Phi) is 6.33. The fourth-order valence-corrected chi connectivity index (χ4v) is 3.16. The first kappa shape index (κ1) is 20.2. The van der Waals surface area contributed by atoms with Crippen LogP contribution in [0.4, 0.5) is 11.4 Å². The molecule has 3 rings (SSSR count). The minimum Gasteiger partial charge on any atom is -0.493 e. The van der Waals surface area contributed by atoms with E-state index in [9.17, 15) is 9.59 Å². The number of esters is 1. The van der Waals surface area contributed by atoms with Gasteiger partial charge in [0, 0.05) is 17.2 Å². The number of nitrogens with one attached hydrogen (secondary N) is 1. The smallest absolute Gasteiger partial charge is 0.306 e. The first-order chi connectivity index (χ1) is 13.9. The second kappa shape index (κ2) is 9.09. The summed E-state index contributed by atoms with van der Waals surface area (Å²) in [5.74, 6) is 0.267. The topological polar surface area (TPSA) is 129 Å². The van der Waals surface area contributed by atoms with Gasteiger partial charge in [0.1, 0.15) is 5.75 Å². The van der Waals surface area contributed by atoms with E-state index in [0.717, 1.165) is 11.3 Å². The van der Waals surface area contributed by atoms with Crippen molar-refractivity contribution in [1.82, 2.24) is 0 Å². The van der Waals surface area contributed by atoms with Crippen LogP contribution in [0.1, 0.15) is 29.3 Å². The number of fused-ring (bicyclic) bond motifs is 1. The highest BCUT2D eigenvalue weighted by molar-refractivity contribution is 6.04. The highest BCUT2D eigenvalue weighted by Crippen LogP contribution is 2.30. The van der Waals surface area contributed by atoms with Crippen molar-refractivity contribution in [2.24, 2.45) is 22.4 Å². The number of aliphatic imine (C=N–C) groups is 1. The van der Waals surface area contributed by atoms with Gasteiger partial charge in [0.2, 0.25) is 0 Å². The first-order valence-corrected chi connectivity index (χ1v) is 9.37. The predicted molar refractivity (Wildman–Crippen MR) is 110 cm³/mol. The summed E-state index contributed by atoms with van der Waals surface area (Å²) < 4.78 is 10.8. The van der Waals surface area contributed by atoms with Crippen LogP contribution < -0.4 is 21.5 Å². The van der Waals surface area contributed by atoms with E-state index in [2.05, 4.69) is 10.3 Å². The van der Waals surface area contributed by atoms with Crippen LogP contribution in [0.25, 0.3) is 0 Å². The molecule has 1 heterocycles. The Labute approximate surface area is 168 Å². The molecule has 0 saturated carbocycles. The van der Waals surface area contributed by atoms with E-state index in [1.54, 1.807) is 49.4 Å². The van der Waals surface area contributed by atoms with Gasteiger partial charge < -0.3 is 26.3 Å². The Morgan fingerprint density at radius 1 is 1.21 bits per heavy atom. The predicted octanol–water partition coefficient (Wildman–Crippen LogP) is 2.35. The molecule has 1 aliphatic heterocycles. The van der Waals surface area contributed by atoms with Crippen LogP contribution >= 0.6 is 0 Å². The van der Waals surface area contributed by atoms with Crippen molar-refractivity contribution in [3.05, 3.63) is 53.6 Å². The van der Waals surface area contributed by atoms with E-state index in [0.29, 0.717) is 43.0 Å². The third kappa shape index (κ3) is 5.47. The number of hydrogen-bond acceptors (Lipinski definition) is 5. The molecular formula is C21H24N4O4. The van der Waals surface area contributed by atoms with E-state index in [-0.39, 0.29) is 23.8 Å². The lowest BCUT2D eigenvalue weighted by Gasteiger charge is -2.25. The third-order valence-corrected chi connectivity index (χ3v) is 4.45. The fraction of sp³-hybridized carbons (Fsp3) is 0.286. The molecule has 2 aromatic rings. The minimum absolute atomic E-state index is 0.0284. The molecule has 0 fully saturated rings. The van der Waals surface area contributed by atoms with Crippen LogP contribution in [0.3, 0.4) is 0 Å². The van der Waals surface area contributed by atoms with Gasteiger partial charge in [0.15, 0.2) is 5.96 Å². The second-order valence-electron chi connectivity index (χ2n) is 6.75. The average Bonchev–Trinajstić information content (AvgIpc) is 2.68. The van der Waals surface area contributed by atoms with E-state index in [1.165, 1.54) is 0 Å². The molecule has 152 valence electrons. The van der Waals surface area contributed by atoms with Gasteiger partial charge >= 0.3 is 5.97 Å². The maximum Gasteiger partial charge on any atom is 0.306 e. The van der Waals surface area contributed by atoms with Crippen LogP contribution in [0.2, 0.25) is 0 Å². The number of carbonyl (C=O) groups excluding carboxylic acids is 2. The van der Waals surface area contributed by atoms with E-state index >= 15 is 0 Å². The normalized spacial score (nSPS) is 14.9. The Morgan fingerprint density at radius 2 is 1.97 bits per heavy atom. The number of ether oxygens (including phenoxy) is 2. The number of benzene rings is 2. The summed E-state index contributed by atoms with van der Waals surface area (Å²) in [6.45, 7) is 2.60. The molecular weight excluding hydrogens is 372 g/mol. The molecule has 2 aromatic carbocycles. The summed E-state index contributed by atoms with van der Waals surface area (Å²) in [5.41, 5.74) is 13.3. The van der Waals surface area contributed by atoms with Crippen molar-refractivity contribution < 1.29 is 19.1 Å². The lowest BCUT2D eigenvalue weighted by Crippen LogP contribution is -2.25. The number of amides is 1. The minimum atomic E-state index is -0.241. The Bertz CT molecular complexity index is 921. The summed E-state index contributed by atoms with van der Waals surface area (Å²) >= 11 is 0. The largest absolute Gasteiger partial charge is 0.493 e. The number of hydrogen-bond donors (Lipinski definition) is 3. The standard InChI is InChI=1S/C21H24N4O4/c1-2-28-19(26)10-13-9-15-11-14(3-8-18(15)29-12-13)20(27)24-16-4-6-17(7-5-16)25-21(22)23/h3-8,11,13H,2,9-10,12H2,1H3,(H,24,27)(H4,22,23,25). The van der Waals surface area contributed by atoms with Gasteiger partial charge in [-0.1, -0.05) is 0 Å².